The summed E-state index contributed by atoms with van der Waals surface area (Å²) in [5.41, 5.74) is 6.16. The predicted octanol–water partition coefficient (Wildman–Crippen LogP) is 1.38. The highest BCUT2D eigenvalue weighted by molar-refractivity contribution is 5.75. The molecule has 4 N–H and O–H groups in total. The lowest BCUT2D eigenvalue weighted by Gasteiger charge is -2.07. The minimum Gasteiger partial charge on any atom is -0.397 e. The van der Waals surface area contributed by atoms with Crippen LogP contribution in [-0.4, -0.2) is 24.0 Å². The minimum atomic E-state index is 0.110. The van der Waals surface area contributed by atoms with Crippen LogP contribution in [0, 0.1) is 0 Å². The molecule has 5 heteroatoms. The number of unbranched alkanes of at least 4 members (excludes halogenated alkanes) is 1. The Morgan fingerprint density at radius 2 is 2.24 bits per heavy atom. The Bertz CT molecular complexity index is 337. The zero-order valence-electron chi connectivity index (χ0n) is 10.2. The summed E-state index contributed by atoms with van der Waals surface area (Å²) in [7, 11) is 0. The maximum absolute atomic E-state index is 11.3. The van der Waals surface area contributed by atoms with Gasteiger partial charge in [0.05, 0.1) is 11.9 Å². The first-order valence-electron chi connectivity index (χ1n) is 5.94. The normalized spacial score (nSPS) is 9.94. The number of aromatic nitrogens is 1. The average molecular weight is 236 g/mol. The molecule has 0 radical (unpaired) electrons. The molecule has 1 rings (SSSR count). The summed E-state index contributed by atoms with van der Waals surface area (Å²) < 4.78 is 0. The lowest BCUT2D eigenvalue weighted by molar-refractivity contribution is -0.121. The van der Waals surface area contributed by atoms with Gasteiger partial charge < -0.3 is 16.4 Å². The van der Waals surface area contributed by atoms with Crippen LogP contribution in [0.5, 0.6) is 0 Å². The number of hydrogen-bond donors (Lipinski definition) is 3. The molecule has 0 aliphatic carbocycles. The molecule has 0 aliphatic rings. The third-order valence-electron chi connectivity index (χ3n) is 2.30. The van der Waals surface area contributed by atoms with Gasteiger partial charge in [-0.05, 0) is 18.6 Å². The summed E-state index contributed by atoms with van der Waals surface area (Å²) in [4.78, 5) is 15.4. The van der Waals surface area contributed by atoms with E-state index in [9.17, 15) is 4.79 Å². The Balaban J connectivity index is 2.11. The molecule has 0 aliphatic heterocycles. The highest BCUT2D eigenvalue weighted by Crippen LogP contribution is 2.04. The maximum Gasteiger partial charge on any atom is 0.220 e. The van der Waals surface area contributed by atoms with Gasteiger partial charge in [-0.25, -0.2) is 4.98 Å². The highest BCUT2D eigenvalue weighted by atomic mass is 16.1. The molecule has 5 nitrogen and oxygen atoms in total. The van der Waals surface area contributed by atoms with Crippen molar-refractivity contribution in [3.05, 3.63) is 18.3 Å². The molecule has 17 heavy (non-hydrogen) atoms. The molecular formula is C12H20N4O. The lowest BCUT2D eigenvalue weighted by atomic mass is 10.2. The minimum absolute atomic E-state index is 0.110. The van der Waals surface area contributed by atoms with Crippen molar-refractivity contribution >= 4 is 17.4 Å². The smallest absolute Gasteiger partial charge is 0.220 e. The number of nitrogens with zero attached hydrogens (tertiary/aromatic N) is 1. The van der Waals surface area contributed by atoms with Crippen molar-refractivity contribution in [1.82, 2.24) is 10.3 Å². The second kappa shape index (κ2) is 7.49. The Kier molecular flexibility index (Phi) is 5.85. The first-order chi connectivity index (χ1) is 8.22. The molecule has 1 aromatic rings. The number of carbonyl (C=O) groups excluding carboxylic acids is 1. The van der Waals surface area contributed by atoms with Crippen molar-refractivity contribution in [2.45, 2.75) is 26.2 Å². The van der Waals surface area contributed by atoms with Crippen LogP contribution in [0.2, 0.25) is 0 Å². The van der Waals surface area contributed by atoms with Crippen LogP contribution in [0.15, 0.2) is 18.3 Å². The number of pyridine rings is 1. The Morgan fingerprint density at radius 1 is 1.41 bits per heavy atom. The lowest BCUT2D eigenvalue weighted by Crippen LogP contribution is -2.28. The first kappa shape index (κ1) is 13.3. The van der Waals surface area contributed by atoms with E-state index in [0.717, 1.165) is 18.7 Å². The second-order valence-electron chi connectivity index (χ2n) is 3.86. The number of rotatable bonds is 7. The van der Waals surface area contributed by atoms with Gasteiger partial charge in [0, 0.05) is 19.5 Å². The fourth-order valence-electron chi connectivity index (χ4n) is 1.33. The molecule has 0 spiro atoms. The SMILES string of the molecule is CCCCC(=O)NCCNc1ccc(N)cn1. The summed E-state index contributed by atoms with van der Waals surface area (Å²) in [6.45, 7) is 3.34. The molecule has 0 saturated carbocycles. The quantitative estimate of drug-likeness (QED) is 0.625. The van der Waals surface area contributed by atoms with Crippen LogP contribution in [0.4, 0.5) is 11.5 Å². The molecule has 1 heterocycles. The van der Waals surface area contributed by atoms with E-state index in [4.69, 9.17) is 5.73 Å². The van der Waals surface area contributed by atoms with Crippen molar-refractivity contribution in [3.8, 4) is 0 Å². The highest BCUT2D eigenvalue weighted by Gasteiger charge is 1.98. The van der Waals surface area contributed by atoms with Crippen molar-refractivity contribution in [1.29, 1.82) is 0 Å². The summed E-state index contributed by atoms with van der Waals surface area (Å²) in [6.07, 6.45) is 4.19. The summed E-state index contributed by atoms with van der Waals surface area (Å²) >= 11 is 0. The molecule has 0 aromatic carbocycles. The van der Waals surface area contributed by atoms with Crippen LogP contribution in [0.3, 0.4) is 0 Å². The number of hydrogen-bond acceptors (Lipinski definition) is 4. The predicted molar refractivity (Wildman–Crippen MR) is 69.7 cm³/mol. The molecule has 0 atom stereocenters. The number of carbonyl (C=O) groups is 1. The number of nitrogen functional groups attached to an aromatic ring is 1. The summed E-state index contributed by atoms with van der Waals surface area (Å²) in [5.74, 6) is 0.876. The Hall–Kier alpha value is -1.78. The van der Waals surface area contributed by atoms with Crippen LogP contribution in [0.1, 0.15) is 26.2 Å². The van der Waals surface area contributed by atoms with Gasteiger partial charge in [-0.15, -0.1) is 0 Å². The van der Waals surface area contributed by atoms with E-state index in [1.807, 2.05) is 6.07 Å². The molecule has 0 fully saturated rings. The number of anilines is 2. The summed E-state index contributed by atoms with van der Waals surface area (Å²) in [5, 5.41) is 5.95. The van der Waals surface area contributed by atoms with E-state index in [0.29, 0.717) is 25.2 Å². The van der Waals surface area contributed by atoms with E-state index >= 15 is 0 Å². The molecule has 94 valence electrons. The van der Waals surface area contributed by atoms with Gasteiger partial charge in [0.1, 0.15) is 5.82 Å². The average Bonchev–Trinajstić information content (AvgIpc) is 2.34. The van der Waals surface area contributed by atoms with Crippen molar-refractivity contribution < 1.29 is 4.79 Å². The van der Waals surface area contributed by atoms with Crippen LogP contribution in [-0.2, 0) is 4.79 Å². The van der Waals surface area contributed by atoms with Crippen molar-refractivity contribution in [2.75, 3.05) is 24.1 Å². The van der Waals surface area contributed by atoms with Gasteiger partial charge in [0.2, 0.25) is 5.91 Å². The number of nitrogens with two attached hydrogens (primary N) is 1. The second-order valence-corrected chi connectivity index (χ2v) is 3.86. The van der Waals surface area contributed by atoms with Crippen molar-refractivity contribution in [2.24, 2.45) is 0 Å². The van der Waals surface area contributed by atoms with Gasteiger partial charge in [-0.1, -0.05) is 13.3 Å². The van der Waals surface area contributed by atoms with Gasteiger partial charge in [-0.3, -0.25) is 4.79 Å². The van der Waals surface area contributed by atoms with E-state index < -0.39 is 0 Å². The third kappa shape index (κ3) is 5.75. The monoisotopic (exact) mass is 236 g/mol. The molecule has 0 unspecified atom stereocenters. The topological polar surface area (TPSA) is 80.0 Å². The van der Waals surface area contributed by atoms with Crippen molar-refractivity contribution in [3.63, 3.8) is 0 Å². The third-order valence-corrected chi connectivity index (χ3v) is 2.30. The number of nitrogens with one attached hydrogen (secondary N) is 2. The fourth-order valence-corrected chi connectivity index (χ4v) is 1.33. The zero-order chi connectivity index (χ0) is 12.5. The molecule has 0 saturated heterocycles. The van der Waals surface area contributed by atoms with Crippen LogP contribution >= 0.6 is 0 Å². The largest absolute Gasteiger partial charge is 0.397 e. The zero-order valence-corrected chi connectivity index (χ0v) is 10.2. The van der Waals surface area contributed by atoms with E-state index in [2.05, 4.69) is 22.5 Å². The van der Waals surface area contributed by atoms with Gasteiger partial charge in [0.15, 0.2) is 0 Å². The molecular weight excluding hydrogens is 216 g/mol. The standard InChI is InChI=1S/C12H20N4O/c1-2-3-4-12(17)15-8-7-14-11-6-5-10(13)9-16-11/h5-6,9H,2-4,7-8,13H2,1H3,(H,14,16)(H,15,17). The van der Waals surface area contributed by atoms with Gasteiger partial charge in [0.25, 0.3) is 0 Å². The fraction of sp³-hybridized carbons (Fsp3) is 0.500. The van der Waals surface area contributed by atoms with Gasteiger partial charge >= 0.3 is 0 Å². The molecule has 0 bridgehead atoms. The Morgan fingerprint density at radius 3 is 2.88 bits per heavy atom. The van der Waals surface area contributed by atoms with Crippen LogP contribution in [0.25, 0.3) is 0 Å². The van der Waals surface area contributed by atoms with E-state index in [-0.39, 0.29) is 5.91 Å². The Labute approximate surface area is 102 Å². The van der Waals surface area contributed by atoms with E-state index in [1.54, 1.807) is 12.3 Å². The van der Waals surface area contributed by atoms with Crippen LogP contribution < -0.4 is 16.4 Å². The molecule has 1 aromatic heterocycles. The van der Waals surface area contributed by atoms with E-state index in [1.165, 1.54) is 0 Å². The number of amides is 1. The molecule has 1 amide bonds. The maximum atomic E-state index is 11.3. The van der Waals surface area contributed by atoms with Gasteiger partial charge in [-0.2, -0.15) is 0 Å². The first-order valence-corrected chi connectivity index (χ1v) is 5.94. The summed E-state index contributed by atoms with van der Waals surface area (Å²) in [6, 6.07) is 3.60.